The molecule has 0 fully saturated rings. The van der Waals surface area contributed by atoms with Gasteiger partial charge in [-0.25, -0.2) is 4.57 Å². The molecule has 0 saturated carbocycles. The molecule has 3 heteroatoms. The summed E-state index contributed by atoms with van der Waals surface area (Å²) in [5.74, 6) is 0. The lowest BCUT2D eigenvalue weighted by Gasteiger charge is -2.08. The Morgan fingerprint density at radius 1 is 0.722 bits per heavy atom. The number of hydrogen-bond donors (Lipinski definition) is 0. The Bertz CT molecular complexity index is 1770. The van der Waals surface area contributed by atoms with E-state index in [-0.39, 0.29) is 0 Å². The summed E-state index contributed by atoms with van der Waals surface area (Å²) in [6, 6.07) is 35.7. The summed E-state index contributed by atoms with van der Waals surface area (Å²) in [4.78, 5) is 0. The number of aryl methyl sites for hydroxylation is 2. The molecule has 3 nitrogen and oxygen atoms in total. The predicted octanol–water partition coefficient (Wildman–Crippen LogP) is 7.52. The van der Waals surface area contributed by atoms with E-state index in [4.69, 9.17) is 4.42 Å². The van der Waals surface area contributed by atoms with E-state index in [2.05, 4.69) is 84.3 Å². The molecule has 0 aliphatic rings. The maximum atomic E-state index is 9.98. The minimum absolute atomic E-state index is 0.612. The van der Waals surface area contributed by atoms with Crippen LogP contribution in [0.25, 0.3) is 44.3 Å². The average Bonchev–Trinajstić information content (AvgIpc) is 3.28. The molecular weight excluding hydrogens is 440 g/mol. The molecule has 0 unspecified atom stereocenters. The molecule has 0 amide bonds. The summed E-state index contributed by atoms with van der Waals surface area (Å²) in [5, 5.41) is 12.1. The van der Waals surface area contributed by atoms with Crippen LogP contribution < -0.4 is 4.57 Å². The predicted molar refractivity (Wildman–Crippen MR) is 144 cm³/mol. The Balaban J connectivity index is 1.54. The average molecular weight is 466 g/mol. The van der Waals surface area contributed by atoms with Crippen LogP contribution in [0.1, 0.15) is 22.3 Å². The summed E-state index contributed by atoms with van der Waals surface area (Å²) in [5.41, 5.74) is 9.87. The van der Waals surface area contributed by atoms with Crippen LogP contribution in [0.4, 0.5) is 0 Å². The van der Waals surface area contributed by atoms with Gasteiger partial charge in [-0.05, 0) is 53.8 Å². The number of nitriles is 1. The topological polar surface area (TPSA) is 40.8 Å². The van der Waals surface area contributed by atoms with Crippen LogP contribution in [-0.4, -0.2) is 0 Å². The Hall–Kier alpha value is -4.68. The summed E-state index contributed by atoms with van der Waals surface area (Å²) < 4.78 is 8.78. The number of nitrogens with zero attached hydrogens (tertiary/aromatic N) is 2. The largest absolute Gasteiger partial charge is 0.454 e. The van der Waals surface area contributed by atoms with Crippen molar-refractivity contribution in [2.24, 2.45) is 7.05 Å². The first-order chi connectivity index (χ1) is 17.6. The van der Waals surface area contributed by atoms with Gasteiger partial charge in [0.1, 0.15) is 18.2 Å². The fraction of sp³-hybridized carbons (Fsp3) is 0.0909. The molecule has 0 bridgehead atoms. The van der Waals surface area contributed by atoms with Gasteiger partial charge in [-0.1, -0.05) is 66.7 Å². The number of benzene rings is 4. The van der Waals surface area contributed by atoms with Crippen molar-refractivity contribution < 1.29 is 8.98 Å². The van der Waals surface area contributed by atoms with Crippen LogP contribution in [0, 0.1) is 18.3 Å². The third kappa shape index (κ3) is 3.65. The fourth-order valence-corrected chi connectivity index (χ4v) is 5.10. The highest BCUT2D eigenvalue weighted by atomic mass is 16.3. The third-order valence-electron chi connectivity index (χ3n) is 6.94. The highest BCUT2D eigenvalue weighted by Crippen LogP contribution is 2.41. The molecule has 4 aromatic carbocycles. The van der Waals surface area contributed by atoms with Gasteiger partial charge in [0.25, 0.3) is 0 Å². The smallest absolute Gasteiger partial charge is 0.216 e. The third-order valence-corrected chi connectivity index (χ3v) is 6.94. The lowest BCUT2D eigenvalue weighted by Crippen LogP contribution is -2.30. The van der Waals surface area contributed by atoms with E-state index in [9.17, 15) is 5.26 Å². The summed E-state index contributed by atoms with van der Waals surface area (Å²) in [6.45, 7) is 2.11. The van der Waals surface area contributed by atoms with Gasteiger partial charge in [0.05, 0.1) is 17.2 Å². The second-order valence-corrected chi connectivity index (χ2v) is 9.27. The van der Waals surface area contributed by atoms with E-state index in [1.54, 1.807) is 0 Å². The van der Waals surface area contributed by atoms with Gasteiger partial charge in [-0.2, -0.15) is 5.26 Å². The van der Waals surface area contributed by atoms with Crippen LogP contribution in [0.15, 0.2) is 108 Å². The zero-order valence-corrected chi connectivity index (χ0v) is 20.3. The summed E-state index contributed by atoms with van der Waals surface area (Å²) >= 11 is 0. The Morgan fingerprint density at radius 2 is 1.39 bits per heavy atom. The normalized spacial score (nSPS) is 11.1. The molecule has 2 aromatic heterocycles. The van der Waals surface area contributed by atoms with Crippen molar-refractivity contribution in [3.8, 4) is 28.5 Å². The van der Waals surface area contributed by atoms with Crippen molar-refractivity contribution in [2.75, 3.05) is 0 Å². The fourth-order valence-electron chi connectivity index (χ4n) is 5.10. The molecule has 6 aromatic rings. The van der Waals surface area contributed by atoms with Crippen molar-refractivity contribution in [1.82, 2.24) is 0 Å². The van der Waals surface area contributed by atoms with Crippen LogP contribution in [0.2, 0.25) is 0 Å². The number of aromatic nitrogens is 1. The van der Waals surface area contributed by atoms with E-state index in [0.717, 1.165) is 56.3 Å². The quantitative estimate of drug-likeness (QED) is 0.253. The highest BCUT2D eigenvalue weighted by molar-refractivity contribution is 6.13. The van der Waals surface area contributed by atoms with Gasteiger partial charge < -0.3 is 4.42 Å². The van der Waals surface area contributed by atoms with Crippen LogP contribution in [0.5, 0.6) is 0 Å². The monoisotopic (exact) mass is 465 g/mol. The zero-order valence-electron chi connectivity index (χ0n) is 20.3. The van der Waals surface area contributed by atoms with Gasteiger partial charge in [0, 0.05) is 28.5 Å². The van der Waals surface area contributed by atoms with Crippen LogP contribution in [-0.2, 0) is 13.5 Å². The molecular formula is C33H25N2O+. The zero-order chi connectivity index (χ0) is 24.6. The number of hydrogen-bond acceptors (Lipinski definition) is 2. The lowest BCUT2D eigenvalue weighted by atomic mass is 9.95. The Labute approximate surface area is 210 Å². The molecule has 6 rings (SSSR count). The molecule has 172 valence electrons. The van der Waals surface area contributed by atoms with Gasteiger partial charge in [0.2, 0.25) is 5.69 Å². The molecule has 0 N–H and O–H groups in total. The highest BCUT2D eigenvalue weighted by Gasteiger charge is 2.22. The van der Waals surface area contributed by atoms with Crippen molar-refractivity contribution in [1.29, 1.82) is 5.26 Å². The Kier molecular flexibility index (Phi) is 5.36. The maximum absolute atomic E-state index is 9.98. The first kappa shape index (κ1) is 21.8. The minimum Gasteiger partial charge on any atom is -0.454 e. The Morgan fingerprint density at radius 3 is 2.11 bits per heavy atom. The summed E-state index contributed by atoms with van der Waals surface area (Å²) in [7, 11) is 2.05. The first-order valence-electron chi connectivity index (χ1n) is 12.1. The molecule has 0 atom stereocenters. The van der Waals surface area contributed by atoms with Crippen molar-refractivity contribution in [2.45, 2.75) is 13.3 Å². The van der Waals surface area contributed by atoms with Gasteiger partial charge in [0.15, 0.2) is 6.20 Å². The van der Waals surface area contributed by atoms with Gasteiger partial charge in [-0.3, -0.25) is 0 Å². The maximum Gasteiger partial charge on any atom is 0.216 e. The van der Waals surface area contributed by atoms with Crippen molar-refractivity contribution >= 4 is 21.9 Å². The standard InChI is InChI=1S/C33H25N2O/c1-22-11-17-27-28-18-16-26(21-34)31(25-14-12-24(13-15-25)20-23-8-4-3-5-9-23)33(28)36-32(27)30(22)29-10-6-7-19-35(29)2/h3-19H,20H2,1-2H3/q+1. The second kappa shape index (κ2) is 8.83. The first-order valence-corrected chi connectivity index (χ1v) is 12.1. The van der Waals surface area contributed by atoms with Gasteiger partial charge >= 0.3 is 0 Å². The molecule has 0 radical (unpaired) electrons. The van der Waals surface area contributed by atoms with E-state index in [1.807, 2.05) is 43.6 Å². The molecule has 0 saturated heterocycles. The van der Waals surface area contributed by atoms with Crippen LogP contribution >= 0.6 is 0 Å². The summed E-state index contributed by atoms with van der Waals surface area (Å²) in [6.07, 6.45) is 2.92. The number of rotatable bonds is 4. The van der Waals surface area contributed by atoms with E-state index in [1.165, 1.54) is 11.1 Å². The van der Waals surface area contributed by atoms with E-state index >= 15 is 0 Å². The van der Waals surface area contributed by atoms with Crippen molar-refractivity contribution in [3.63, 3.8) is 0 Å². The lowest BCUT2D eigenvalue weighted by molar-refractivity contribution is -0.660. The van der Waals surface area contributed by atoms with Crippen LogP contribution in [0.3, 0.4) is 0 Å². The number of pyridine rings is 1. The molecule has 36 heavy (non-hydrogen) atoms. The van der Waals surface area contributed by atoms with E-state index in [0.29, 0.717) is 5.56 Å². The number of fused-ring (bicyclic) bond motifs is 3. The molecule has 0 spiro atoms. The molecule has 0 aliphatic heterocycles. The molecule has 0 aliphatic carbocycles. The van der Waals surface area contributed by atoms with Crippen molar-refractivity contribution in [3.05, 3.63) is 126 Å². The SMILES string of the molecule is Cc1ccc2c(oc3c(-c4ccc(Cc5ccccc5)cc4)c(C#N)ccc32)c1-c1cccc[n+]1C. The minimum atomic E-state index is 0.612. The second-order valence-electron chi connectivity index (χ2n) is 9.27. The van der Waals surface area contributed by atoms with Gasteiger partial charge in [-0.15, -0.1) is 0 Å². The number of furan rings is 1. The van der Waals surface area contributed by atoms with E-state index < -0.39 is 0 Å². The molecule has 2 heterocycles.